The average Bonchev–Trinajstić information content (AvgIpc) is 2.13. The van der Waals surface area contributed by atoms with Gasteiger partial charge in [-0.25, -0.2) is 4.79 Å². The van der Waals surface area contributed by atoms with Crippen molar-refractivity contribution in [1.29, 1.82) is 0 Å². The van der Waals surface area contributed by atoms with Gasteiger partial charge in [-0.15, -0.1) is 6.58 Å². The Labute approximate surface area is 84.8 Å². The fraction of sp³-hybridized carbons (Fsp3) is 0.571. The lowest BCUT2D eigenvalue weighted by Gasteiger charge is -2.13. The normalized spacial score (nSPS) is 10.5. The van der Waals surface area contributed by atoms with Gasteiger partial charge in [0.1, 0.15) is 16.3 Å². The van der Waals surface area contributed by atoms with E-state index < -0.39 is 27.9 Å². The summed E-state index contributed by atoms with van der Waals surface area (Å²) in [6.45, 7) is 4.37. The molecule has 0 amide bonds. The molecule has 0 fully saturated rings. The summed E-state index contributed by atoms with van der Waals surface area (Å²) >= 11 is 0. The summed E-state index contributed by atoms with van der Waals surface area (Å²) in [5.74, 6) is -1.49. The molecule has 0 aliphatic carbocycles. The van der Waals surface area contributed by atoms with E-state index in [4.69, 9.17) is 0 Å². The van der Waals surface area contributed by atoms with Crippen LogP contribution in [0.3, 0.4) is 0 Å². The highest BCUT2D eigenvalue weighted by molar-refractivity contribution is 5.77. The fourth-order valence-corrected chi connectivity index (χ4v) is 0.896. The van der Waals surface area contributed by atoms with Crippen molar-refractivity contribution in [3.63, 3.8) is 0 Å². The number of ether oxygens (including phenoxy) is 1. The number of nitrogens with zero attached hydrogens (tertiary/aromatic N) is 2. The maximum absolute atomic E-state index is 11.2. The van der Waals surface area contributed by atoms with Gasteiger partial charge in [-0.2, -0.15) is 0 Å². The summed E-state index contributed by atoms with van der Waals surface area (Å²) < 4.78 is 4.31. The van der Waals surface area contributed by atoms with Crippen LogP contribution in [-0.2, 0) is 9.53 Å². The van der Waals surface area contributed by atoms with Crippen molar-refractivity contribution < 1.29 is 19.4 Å². The highest BCUT2D eigenvalue weighted by Crippen LogP contribution is 2.18. The Hall–Kier alpha value is -1.99. The van der Waals surface area contributed by atoms with Crippen molar-refractivity contribution in [2.75, 3.05) is 6.61 Å². The van der Waals surface area contributed by atoms with Gasteiger partial charge < -0.3 is 4.74 Å². The second kappa shape index (κ2) is 5.03. The Morgan fingerprint density at radius 1 is 1.47 bits per heavy atom. The molecule has 84 valence electrons. The molecule has 0 bridgehead atoms. The molecule has 0 aromatic heterocycles. The molecule has 0 N–H and O–H groups in total. The zero-order chi connectivity index (χ0) is 12.1. The van der Waals surface area contributed by atoms with E-state index >= 15 is 0 Å². The first kappa shape index (κ1) is 13.0. The molecule has 0 saturated heterocycles. The standard InChI is InChI=1S/C7H10N2O6/c1-3-5-7(8(11)12,9(13)14)6(10)15-4-2/h3H,1,4-5H2,2H3. The number of nitro groups is 2. The second-order valence-corrected chi connectivity index (χ2v) is 2.54. The molecule has 15 heavy (non-hydrogen) atoms. The maximum atomic E-state index is 11.2. The first-order chi connectivity index (χ1) is 6.93. The van der Waals surface area contributed by atoms with Crippen LogP contribution in [0.15, 0.2) is 12.7 Å². The van der Waals surface area contributed by atoms with Crippen molar-refractivity contribution in [2.24, 2.45) is 0 Å². The van der Waals surface area contributed by atoms with Gasteiger partial charge in [0.25, 0.3) is 0 Å². The first-order valence-electron chi connectivity index (χ1n) is 4.00. The monoisotopic (exact) mass is 218 g/mol. The van der Waals surface area contributed by atoms with E-state index in [1.807, 2.05) is 0 Å². The Balaban J connectivity index is 5.30. The minimum atomic E-state index is -2.97. The zero-order valence-electron chi connectivity index (χ0n) is 8.04. The number of rotatable bonds is 6. The molecule has 0 aliphatic heterocycles. The summed E-state index contributed by atoms with van der Waals surface area (Å²) in [5, 5.41) is 21.2. The lowest BCUT2D eigenvalue weighted by molar-refractivity contribution is -0.777. The van der Waals surface area contributed by atoms with E-state index in [0.29, 0.717) is 0 Å². The SMILES string of the molecule is C=CCC(C(=O)OCC)([N+](=O)[O-])[N+](=O)[O-]. The minimum Gasteiger partial charge on any atom is -0.455 e. The molecule has 0 spiro atoms. The molecule has 0 rings (SSSR count). The van der Waals surface area contributed by atoms with Gasteiger partial charge in [-0.3, -0.25) is 20.2 Å². The first-order valence-corrected chi connectivity index (χ1v) is 4.00. The molecule has 0 aromatic carbocycles. The van der Waals surface area contributed by atoms with Crippen LogP contribution in [-0.4, -0.2) is 28.1 Å². The molecular weight excluding hydrogens is 208 g/mol. The van der Waals surface area contributed by atoms with Gasteiger partial charge >= 0.3 is 11.6 Å². The van der Waals surface area contributed by atoms with Gasteiger partial charge in [-0.05, 0) is 6.92 Å². The van der Waals surface area contributed by atoms with Crippen LogP contribution in [0, 0.1) is 20.2 Å². The molecule has 0 radical (unpaired) electrons. The molecule has 0 unspecified atom stereocenters. The van der Waals surface area contributed by atoms with Crippen LogP contribution in [0.25, 0.3) is 0 Å². The quantitative estimate of drug-likeness (QED) is 0.209. The molecule has 0 atom stereocenters. The third-order valence-electron chi connectivity index (χ3n) is 1.64. The zero-order valence-corrected chi connectivity index (χ0v) is 8.04. The van der Waals surface area contributed by atoms with E-state index in [9.17, 15) is 25.0 Å². The minimum absolute atomic E-state index is 0.167. The lowest BCUT2D eigenvalue weighted by Crippen LogP contribution is -2.53. The van der Waals surface area contributed by atoms with E-state index in [1.54, 1.807) is 0 Å². The average molecular weight is 218 g/mol. The van der Waals surface area contributed by atoms with Crippen molar-refractivity contribution in [3.05, 3.63) is 32.9 Å². The van der Waals surface area contributed by atoms with E-state index in [2.05, 4.69) is 11.3 Å². The largest absolute Gasteiger partial charge is 0.555 e. The van der Waals surface area contributed by atoms with Gasteiger partial charge in [-0.1, -0.05) is 6.08 Å². The summed E-state index contributed by atoms with van der Waals surface area (Å²) in [6.07, 6.45) is 0.217. The van der Waals surface area contributed by atoms with Crippen LogP contribution in [0.5, 0.6) is 0 Å². The molecule has 0 aromatic rings. The van der Waals surface area contributed by atoms with E-state index in [0.717, 1.165) is 6.08 Å². The lowest BCUT2D eigenvalue weighted by atomic mass is 10.1. The second-order valence-electron chi connectivity index (χ2n) is 2.54. The Morgan fingerprint density at radius 2 is 1.93 bits per heavy atom. The fourth-order valence-electron chi connectivity index (χ4n) is 0.896. The van der Waals surface area contributed by atoms with Gasteiger partial charge in [0.2, 0.25) is 0 Å². The number of carbonyl (C=O) groups is 1. The predicted molar refractivity (Wildman–Crippen MR) is 48.2 cm³/mol. The van der Waals surface area contributed by atoms with E-state index in [-0.39, 0.29) is 6.61 Å². The molecular formula is C7H10N2O6. The van der Waals surface area contributed by atoms with Crippen LogP contribution >= 0.6 is 0 Å². The number of esters is 1. The van der Waals surface area contributed by atoms with Crippen LogP contribution in [0.2, 0.25) is 0 Å². The molecule has 8 nitrogen and oxygen atoms in total. The summed E-state index contributed by atoms with van der Waals surface area (Å²) in [7, 11) is 0. The molecule has 0 aliphatic rings. The number of hydrogen-bond donors (Lipinski definition) is 0. The van der Waals surface area contributed by atoms with Crippen molar-refractivity contribution in [3.8, 4) is 0 Å². The third kappa shape index (κ3) is 2.27. The maximum Gasteiger partial charge on any atom is 0.555 e. The van der Waals surface area contributed by atoms with Crippen molar-refractivity contribution in [2.45, 2.75) is 19.0 Å². The summed E-state index contributed by atoms with van der Waals surface area (Å²) in [4.78, 5) is 29.8. The van der Waals surface area contributed by atoms with Crippen molar-refractivity contribution in [1.82, 2.24) is 0 Å². The summed E-state index contributed by atoms with van der Waals surface area (Å²) in [6, 6.07) is 0. The summed E-state index contributed by atoms with van der Waals surface area (Å²) in [5.41, 5.74) is -2.97. The molecule has 0 heterocycles. The third-order valence-corrected chi connectivity index (χ3v) is 1.64. The van der Waals surface area contributed by atoms with Gasteiger partial charge in [0.05, 0.1) is 6.61 Å². The highest BCUT2D eigenvalue weighted by atomic mass is 16.7. The van der Waals surface area contributed by atoms with Crippen LogP contribution in [0.1, 0.15) is 13.3 Å². The number of carbonyl (C=O) groups excluding carboxylic acids is 1. The van der Waals surface area contributed by atoms with Crippen LogP contribution in [0.4, 0.5) is 0 Å². The van der Waals surface area contributed by atoms with Crippen LogP contribution < -0.4 is 0 Å². The Morgan fingerprint density at radius 3 is 2.20 bits per heavy atom. The Bertz CT molecular complexity index is 286. The van der Waals surface area contributed by atoms with Gasteiger partial charge in [0.15, 0.2) is 0 Å². The van der Waals surface area contributed by atoms with Crippen molar-refractivity contribution >= 4 is 5.97 Å². The molecule has 8 heteroatoms. The number of hydrogen-bond acceptors (Lipinski definition) is 6. The Kier molecular flexibility index (Phi) is 4.36. The van der Waals surface area contributed by atoms with E-state index in [1.165, 1.54) is 6.92 Å². The molecule has 0 saturated carbocycles. The highest BCUT2D eigenvalue weighted by Gasteiger charge is 2.64. The topological polar surface area (TPSA) is 113 Å². The van der Waals surface area contributed by atoms with Gasteiger partial charge in [0, 0.05) is 0 Å². The smallest absolute Gasteiger partial charge is 0.455 e. The predicted octanol–water partition coefficient (Wildman–Crippen LogP) is 0.375.